The molecule has 1 heterocycles. The van der Waals surface area contributed by atoms with Gasteiger partial charge in [-0.25, -0.2) is 0 Å². The second kappa shape index (κ2) is 10.4. The Morgan fingerprint density at radius 2 is 1.73 bits per heavy atom. The maximum atomic E-state index is 12.6. The van der Waals surface area contributed by atoms with Crippen molar-refractivity contribution in [3.63, 3.8) is 0 Å². The topological polar surface area (TPSA) is 83.1 Å². The number of ether oxygens (including phenoxy) is 4. The van der Waals surface area contributed by atoms with Gasteiger partial charge in [0.2, 0.25) is 0 Å². The van der Waals surface area contributed by atoms with Crippen LogP contribution in [0.15, 0.2) is 72.8 Å². The van der Waals surface area contributed by atoms with E-state index in [2.05, 4.69) is 5.32 Å². The maximum absolute atomic E-state index is 12.6. The van der Waals surface area contributed by atoms with Crippen LogP contribution in [-0.4, -0.2) is 38.6 Å². The minimum atomic E-state index is -0.280. The van der Waals surface area contributed by atoms with Crippen LogP contribution >= 0.6 is 0 Å². The van der Waals surface area contributed by atoms with Crippen LogP contribution in [0, 0.1) is 0 Å². The van der Waals surface area contributed by atoms with Gasteiger partial charge in [0.05, 0.1) is 7.11 Å². The molecule has 0 unspecified atom stereocenters. The summed E-state index contributed by atoms with van der Waals surface area (Å²) >= 11 is 0. The summed E-state index contributed by atoms with van der Waals surface area (Å²) in [6.45, 7) is 0.797. The average molecular weight is 445 g/mol. The fraction of sp³-hybridized carbons (Fsp3) is 0.154. The Hall–Kier alpha value is -4.26. The van der Waals surface area contributed by atoms with Crippen molar-refractivity contribution >= 4 is 23.5 Å². The number of hydrogen-bond donors (Lipinski definition) is 1. The fourth-order valence-electron chi connectivity index (χ4n) is 3.23. The molecule has 0 fully saturated rings. The summed E-state index contributed by atoms with van der Waals surface area (Å²) in [6, 6.07) is 19.5. The highest BCUT2D eigenvalue weighted by Gasteiger charge is 2.14. The summed E-state index contributed by atoms with van der Waals surface area (Å²) in [5.74, 6) is 1.65. The van der Waals surface area contributed by atoms with E-state index in [1.54, 1.807) is 54.6 Å². The number of hydrogen-bond acceptors (Lipinski definition) is 6. The van der Waals surface area contributed by atoms with Gasteiger partial charge in [-0.15, -0.1) is 0 Å². The van der Waals surface area contributed by atoms with Gasteiger partial charge in [-0.3, -0.25) is 9.59 Å². The molecule has 1 aliphatic rings. The number of para-hydroxylation sites is 1. The molecule has 0 spiro atoms. The Morgan fingerprint density at radius 1 is 0.939 bits per heavy atom. The van der Waals surface area contributed by atoms with E-state index in [4.69, 9.17) is 18.9 Å². The minimum absolute atomic E-state index is 0.163. The van der Waals surface area contributed by atoms with Gasteiger partial charge in [0.15, 0.2) is 35.4 Å². The van der Waals surface area contributed by atoms with E-state index in [-0.39, 0.29) is 18.3 Å². The van der Waals surface area contributed by atoms with Gasteiger partial charge in [0.25, 0.3) is 5.91 Å². The van der Waals surface area contributed by atoms with Crippen LogP contribution in [0.25, 0.3) is 6.08 Å². The van der Waals surface area contributed by atoms with E-state index in [1.165, 1.54) is 13.2 Å². The quantitative estimate of drug-likeness (QED) is 0.409. The number of nitrogens with one attached hydrogen (secondary N) is 1. The van der Waals surface area contributed by atoms with Gasteiger partial charge < -0.3 is 24.3 Å². The van der Waals surface area contributed by atoms with Gasteiger partial charge in [-0.2, -0.15) is 0 Å². The van der Waals surface area contributed by atoms with Gasteiger partial charge >= 0.3 is 0 Å². The number of rotatable bonds is 8. The van der Waals surface area contributed by atoms with Crippen molar-refractivity contribution in [3.05, 3.63) is 83.9 Å². The number of benzene rings is 3. The van der Waals surface area contributed by atoms with E-state index in [0.717, 1.165) is 5.56 Å². The summed E-state index contributed by atoms with van der Waals surface area (Å²) < 4.78 is 22.0. The Kier molecular flexibility index (Phi) is 6.90. The number of amides is 1. The number of carbonyl (C=O) groups is 2. The van der Waals surface area contributed by atoms with Crippen LogP contribution in [0.2, 0.25) is 0 Å². The van der Waals surface area contributed by atoms with E-state index in [9.17, 15) is 9.59 Å². The number of fused-ring (bicyclic) bond motifs is 1. The van der Waals surface area contributed by atoms with Gasteiger partial charge in [0.1, 0.15) is 13.2 Å². The highest BCUT2D eigenvalue weighted by atomic mass is 16.6. The minimum Gasteiger partial charge on any atom is -0.493 e. The lowest BCUT2D eigenvalue weighted by Crippen LogP contribution is -2.20. The maximum Gasteiger partial charge on any atom is 0.262 e. The lowest BCUT2D eigenvalue weighted by Gasteiger charge is -2.18. The molecule has 0 bridgehead atoms. The second-order valence-electron chi connectivity index (χ2n) is 7.17. The molecule has 1 N–H and O–H groups in total. The van der Waals surface area contributed by atoms with E-state index in [0.29, 0.717) is 47.5 Å². The zero-order valence-corrected chi connectivity index (χ0v) is 18.1. The number of carbonyl (C=O) groups excluding carboxylic acids is 2. The molecule has 3 aromatic rings. The summed E-state index contributed by atoms with van der Waals surface area (Å²) in [5.41, 5.74) is 1.95. The molecule has 0 saturated carbocycles. The molecule has 168 valence electrons. The SMILES string of the molecule is COc1cc(/C=C/C(=O)c2ccc3c(c2)OCCO3)ccc1OCC(=O)Nc1ccccc1. The van der Waals surface area contributed by atoms with Gasteiger partial charge in [0, 0.05) is 11.3 Å². The first-order valence-electron chi connectivity index (χ1n) is 10.4. The summed E-state index contributed by atoms with van der Waals surface area (Å²) in [5, 5.41) is 2.76. The molecular weight excluding hydrogens is 422 g/mol. The normalized spacial score (nSPS) is 12.3. The van der Waals surface area contributed by atoms with Crippen molar-refractivity contribution in [3.8, 4) is 23.0 Å². The molecule has 7 nitrogen and oxygen atoms in total. The molecule has 7 heteroatoms. The highest BCUT2D eigenvalue weighted by molar-refractivity contribution is 6.07. The molecule has 0 aliphatic carbocycles. The summed E-state index contributed by atoms with van der Waals surface area (Å²) in [7, 11) is 1.51. The zero-order valence-electron chi connectivity index (χ0n) is 18.1. The molecule has 4 rings (SSSR count). The lowest BCUT2D eigenvalue weighted by atomic mass is 10.1. The van der Waals surface area contributed by atoms with E-state index < -0.39 is 0 Å². The third kappa shape index (κ3) is 5.71. The molecule has 3 aromatic carbocycles. The Balaban J connectivity index is 1.38. The zero-order chi connectivity index (χ0) is 23.0. The van der Waals surface area contributed by atoms with Crippen molar-refractivity contribution in [2.75, 3.05) is 32.2 Å². The van der Waals surface area contributed by atoms with Crippen LogP contribution in [0.1, 0.15) is 15.9 Å². The summed E-state index contributed by atoms with van der Waals surface area (Å²) in [4.78, 5) is 24.7. The predicted molar refractivity (Wildman–Crippen MR) is 124 cm³/mol. The predicted octanol–water partition coefficient (Wildman–Crippen LogP) is 4.38. The first-order chi connectivity index (χ1) is 16.1. The number of ketones is 1. The largest absolute Gasteiger partial charge is 0.493 e. The fourth-order valence-corrected chi connectivity index (χ4v) is 3.23. The molecule has 0 atom stereocenters. The molecule has 0 radical (unpaired) electrons. The molecule has 0 saturated heterocycles. The molecular formula is C26H23NO6. The Morgan fingerprint density at radius 3 is 2.52 bits per heavy atom. The molecule has 0 aromatic heterocycles. The smallest absolute Gasteiger partial charge is 0.262 e. The molecule has 1 aliphatic heterocycles. The number of methoxy groups -OCH3 is 1. The van der Waals surface area contributed by atoms with Crippen LogP contribution < -0.4 is 24.3 Å². The standard InChI is InChI=1S/C26H23NO6/c1-30-24-15-18(7-10-21(28)19-9-12-23-25(16-19)32-14-13-31-23)8-11-22(24)33-17-26(29)27-20-5-3-2-4-6-20/h2-12,15-16H,13-14,17H2,1H3,(H,27,29)/b10-7+. The third-order valence-corrected chi connectivity index (χ3v) is 4.86. The molecule has 33 heavy (non-hydrogen) atoms. The Labute approximate surface area is 191 Å². The second-order valence-corrected chi connectivity index (χ2v) is 7.17. The van der Waals surface area contributed by atoms with Crippen molar-refractivity contribution < 1.29 is 28.5 Å². The molecule has 1 amide bonds. The first kappa shape index (κ1) is 22.0. The van der Waals surface area contributed by atoms with Crippen molar-refractivity contribution in [2.24, 2.45) is 0 Å². The van der Waals surface area contributed by atoms with Crippen molar-refractivity contribution in [1.82, 2.24) is 0 Å². The lowest BCUT2D eigenvalue weighted by molar-refractivity contribution is -0.118. The van der Waals surface area contributed by atoms with Gasteiger partial charge in [-0.05, 0) is 54.1 Å². The summed E-state index contributed by atoms with van der Waals surface area (Å²) in [6.07, 6.45) is 3.17. The monoisotopic (exact) mass is 445 g/mol. The van der Waals surface area contributed by atoms with Crippen LogP contribution in [0.3, 0.4) is 0 Å². The van der Waals surface area contributed by atoms with Crippen LogP contribution in [0.5, 0.6) is 23.0 Å². The number of allylic oxidation sites excluding steroid dienone is 1. The van der Waals surface area contributed by atoms with Crippen molar-refractivity contribution in [1.29, 1.82) is 0 Å². The Bertz CT molecular complexity index is 1170. The van der Waals surface area contributed by atoms with E-state index >= 15 is 0 Å². The average Bonchev–Trinajstić information content (AvgIpc) is 2.86. The highest BCUT2D eigenvalue weighted by Crippen LogP contribution is 2.31. The first-order valence-corrected chi connectivity index (χ1v) is 10.4. The van der Waals surface area contributed by atoms with Gasteiger partial charge in [-0.1, -0.05) is 30.3 Å². The van der Waals surface area contributed by atoms with Crippen LogP contribution in [0.4, 0.5) is 5.69 Å². The van der Waals surface area contributed by atoms with Crippen LogP contribution in [-0.2, 0) is 4.79 Å². The van der Waals surface area contributed by atoms with Crippen molar-refractivity contribution in [2.45, 2.75) is 0 Å². The third-order valence-electron chi connectivity index (χ3n) is 4.86. The number of anilines is 1. The van der Waals surface area contributed by atoms with E-state index in [1.807, 2.05) is 18.2 Å².